The van der Waals surface area contributed by atoms with Gasteiger partial charge in [-0.2, -0.15) is 9.59 Å². The molecule has 1 atom stereocenters. The van der Waals surface area contributed by atoms with E-state index in [9.17, 15) is 14.7 Å². The Labute approximate surface area is 213 Å². The van der Waals surface area contributed by atoms with Gasteiger partial charge in [-0.15, -0.1) is 0 Å². The number of carbonyl (C=O) groups is 2. The normalized spacial score (nSPS) is 16.4. The van der Waals surface area contributed by atoms with E-state index in [4.69, 9.17) is 9.59 Å². The van der Waals surface area contributed by atoms with Crippen molar-refractivity contribution in [2.75, 3.05) is 6.54 Å². The topological polar surface area (TPSA) is 120 Å². The number of fused-ring (bicyclic) bond motifs is 1. The lowest BCUT2D eigenvalue weighted by Crippen LogP contribution is -2.31. The van der Waals surface area contributed by atoms with Crippen molar-refractivity contribution in [2.24, 2.45) is 0 Å². The van der Waals surface area contributed by atoms with E-state index in [-0.39, 0.29) is 17.5 Å². The SMILES string of the molecule is Cc1ccc(C2C(=C(O)c3cccnc3)C(=O)C(=O)N2CCCc2c[nH]c3ccccc23)cc1.O=C=O. The van der Waals surface area contributed by atoms with Crippen LogP contribution in [-0.2, 0) is 25.6 Å². The van der Waals surface area contributed by atoms with Gasteiger partial charge in [0.25, 0.3) is 11.7 Å². The summed E-state index contributed by atoms with van der Waals surface area (Å²) in [7, 11) is 0. The number of rotatable bonds is 6. The Morgan fingerprint density at radius 3 is 2.49 bits per heavy atom. The van der Waals surface area contributed by atoms with Crippen molar-refractivity contribution in [1.29, 1.82) is 0 Å². The Balaban J connectivity index is 0.00000102. The fourth-order valence-corrected chi connectivity index (χ4v) is 4.64. The number of hydrogen-bond donors (Lipinski definition) is 2. The Bertz CT molecular complexity index is 1480. The maximum atomic E-state index is 13.1. The third kappa shape index (κ3) is 5.24. The summed E-state index contributed by atoms with van der Waals surface area (Å²) in [6.45, 7) is 2.38. The molecule has 186 valence electrons. The highest BCUT2D eigenvalue weighted by Crippen LogP contribution is 2.39. The van der Waals surface area contributed by atoms with E-state index >= 15 is 0 Å². The van der Waals surface area contributed by atoms with Crippen LogP contribution in [0, 0.1) is 6.92 Å². The summed E-state index contributed by atoms with van der Waals surface area (Å²) in [4.78, 5) is 51.4. The first-order chi connectivity index (χ1) is 18.0. The third-order valence-corrected chi connectivity index (χ3v) is 6.39. The molecule has 1 aliphatic rings. The van der Waals surface area contributed by atoms with Crippen LogP contribution in [0.3, 0.4) is 0 Å². The quantitative estimate of drug-likeness (QED) is 0.233. The van der Waals surface area contributed by atoms with Crippen molar-refractivity contribution in [3.8, 4) is 0 Å². The van der Waals surface area contributed by atoms with Crippen molar-refractivity contribution in [3.05, 3.63) is 107 Å². The second-order valence-electron chi connectivity index (χ2n) is 8.69. The fourth-order valence-electron chi connectivity index (χ4n) is 4.64. The monoisotopic (exact) mass is 495 g/mol. The van der Waals surface area contributed by atoms with Gasteiger partial charge in [0.1, 0.15) is 5.76 Å². The number of aryl methyl sites for hydroxylation is 2. The van der Waals surface area contributed by atoms with Gasteiger partial charge in [0.2, 0.25) is 0 Å². The van der Waals surface area contributed by atoms with Crippen molar-refractivity contribution in [3.63, 3.8) is 0 Å². The highest BCUT2D eigenvalue weighted by molar-refractivity contribution is 6.46. The first kappa shape index (κ1) is 25.3. The van der Waals surface area contributed by atoms with E-state index < -0.39 is 17.7 Å². The number of aromatic nitrogens is 2. The summed E-state index contributed by atoms with van der Waals surface area (Å²) >= 11 is 0. The zero-order valence-electron chi connectivity index (χ0n) is 20.2. The molecule has 3 heterocycles. The van der Waals surface area contributed by atoms with Crippen LogP contribution in [0.15, 0.2) is 84.8 Å². The molecule has 0 aliphatic carbocycles. The van der Waals surface area contributed by atoms with Crippen LogP contribution in [0.4, 0.5) is 0 Å². The number of para-hydroxylation sites is 1. The van der Waals surface area contributed by atoms with Gasteiger partial charge in [-0.05, 0) is 49.1 Å². The second-order valence-corrected chi connectivity index (χ2v) is 8.69. The summed E-state index contributed by atoms with van der Waals surface area (Å²) in [6.07, 6.45) is 6.78. The number of aliphatic hydroxyl groups excluding tert-OH is 1. The first-order valence-electron chi connectivity index (χ1n) is 11.8. The van der Waals surface area contributed by atoms with Crippen LogP contribution in [0.2, 0.25) is 0 Å². The van der Waals surface area contributed by atoms with Crippen LogP contribution in [0.1, 0.15) is 34.7 Å². The number of ketones is 1. The number of carbonyl (C=O) groups excluding carboxylic acids is 4. The predicted molar refractivity (Wildman–Crippen MR) is 136 cm³/mol. The van der Waals surface area contributed by atoms with Gasteiger partial charge in [0, 0.05) is 41.6 Å². The maximum absolute atomic E-state index is 13.1. The molecule has 5 rings (SSSR count). The minimum atomic E-state index is -0.668. The number of Topliss-reactive ketones (excluding diaryl/α,β-unsaturated/α-hetero) is 1. The average Bonchev–Trinajstić information content (AvgIpc) is 3.44. The molecule has 2 N–H and O–H groups in total. The highest BCUT2D eigenvalue weighted by Gasteiger charge is 2.45. The summed E-state index contributed by atoms with van der Waals surface area (Å²) in [5.74, 6) is -1.45. The van der Waals surface area contributed by atoms with Gasteiger partial charge in [-0.1, -0.05) is 48.0 Å². The predicted octanol–water partition coefficient (Wildman–Crippen LogP) is 4.34. The van der Waals surface area contributed by atoms with E-state index in [1.54, 1.807) is 23.2 Å². The van der Waals surface area contributed by atoms with E-state index in [1.165, 1.54) is 11.8 Å². The molecule has 1 unspecified atom stereocenters. The van der Waals surface area contributed by atoms with Gasteiger partial charge < -0.3 is 15.0 Å². The van der Waals surface area contributed by atoms with Crippen LogP contribution in [0.25, 0.3) is 16.7 Å². The lowest BCUT2D eigenvalue weighted by Gasteiger charge is -2.25. The number of aromatic amines is 1. The van der Waals surface area contributed by atoms with Crippen LogP contribution >= 0.6 is 0 Å². The zero-order chi connectivity index (χ0) is 26.4. The number of H-pyrrole nitrogens is 1. The molecule has 0 radical (unpaired) electrons. The first-order valence-corrected chi connectivity index (χ1v) is 11.8. The van der Waals surface area contributed by atoms with E-state index in [0.717, 1.165) is 28.5 Å². The van der Waals surface area contributed by atoms with Crippen LogP contribution in [0.5, 0.6) is 0 Å². The van der Waals surface area contributed by atoms with Gasteiger partial charge >= 0.3 is 6.15 Å². The molecule has 1 amide bonds. The molecule has 1 fully saturated rings. The van der Waals surface area contributed by atoms with Gasteiger partial charge in [-0.3, -0.25) is 14.6 Å². The molecule has 8 nitrogen and oxygen atoms in total. The van der Waals surface area contributed by atoms with Crippen molar-refractivity contribution >= 4 is 34.5 Å². The van der Waals surface area contributed by atoms with Crippen molar-refractivity contribution in [2.45, 2.75) is 25.8 Å². The maximum Gasteiger partial charge on any atom is 0.373 e. The largest absolute Gasteiger partial charge is 0.507 e. The molecule has 2 aromatic heterocycles. The highest BCUT2D eigenvalue weighted by atomic mass is 16.3. The van der Waals surface area contributed by atoms with Gasteiger partial charge in [-0.25, -0.2) is 0 Å². The van der Waals surface area contributed by atoms with Crippen LogP contribution in [-0.4, -0.2) is 44.4 Å². The molecule has 4 aromatic rings. The Morgan fingerprint density at radius 2 is 1.78 bits per heavy atom. The fraction of sp³-hybridized carbons (Fsp3) is 0.172. The average molecular weight is 496 g/mol. The molecular weight excluding hydrogens is 470 g/mol. The van der Waals surface area contributed by atoms with E-state index in [2.05, 4.69) is 16.0 Å². The molecule has 0 bridgehead atoms. The van der Waals surface area contributed by atoms with Crippen molar-refractivity contribution in [1.82, 2.24) is 14.9 Å². The smallest absolute Gasteiger partial charge is 0.373 e. The molecule has 0 spiro atoms. The molecule has 2 aromatic carbocycles. The summed E-state index contributed by atoms with van der Waals surface area (Å²) < 4.78 is 0. The Morgan fingerprint density at radius 1 is 1.05 bits per heavy atom. The molecule has 1 aliphatic heterocycles. The van der Waals surface area contributed by atoms with Gasteiger partial charge in [0.15, 0.2) is 0 Å². The molecule has 8 heteroatoms. The number of amides is 1. The number of nitrogens with zero attached hydrogens (tertiary/aromatic N) is 2. The van der Waals surface area contributed by atoms with E-state index in [0.29, 0.717) is 18.5 Å². The number of pyridine rings is 1. The molecular formula is C29H25N3O5. The van der Waals surface area contributed by atoms with Crippen LogP contribution < -0.4 is 0 Å². The zero-order valence-corrected chi connectivity index (χ0v) is 20.2. The number of aliphatic hydroxyl groups is 1. The number of benzene rings is 2. The lowest BCUT2D eigenvalue weighted by molar-refractivity contribution is -0.191. The number of likely N-dealkylation sites (tertiary alicyclic amines) is 1. The lowest BCUT2D eigenvalue weighted by atomic mass is 9.95. The number of nitrogens with one attached hydrogen (secondary N) is 1. The standard InChI is InChI=1S/C28H25N3O3.CO2/c1-18-10-12-19(13-11-18)25-24(26(32)21-6-4-14-29-16-21)27(33)28(34)31(25)15-5-7-20-17-30-23-9-3-2-8-22(20)23;2-1-3/h2-4,6,8-14,16-17,25,30,32H,5,7,15H2,1H3;. The molecule has 37 heavy (non-hydrogen) atoms. The summed E-state index contributed by atoms with van der Waals surface area (Å²) in [5.41, 5.74) is 4.64. The van der Waals surface area contributed by atoms with Gasteiger partial charge in [0.05, 0.1) is 11.6 Å². The van der Waals surface area contributed by atoms with E-state index in [1.807, 2.05) is 55.6 Å². The summed E-state index contributed by atoms with van der Waals surface area (Å²) in [6, 6.07) is 18.6. The Hall–Kier alpha value is -4.81. The second kappa shape index (κ2) is 11.3. The number of hydrogen-bond acceptors (Lipinski definition) is 6. The Kier molecular flexibility index (Phi) is 7.71. The molecule has 0 saturated carbocycles. The summed E-state index contributed by atoms with van der Waals surface area (Å²) in [5, 5.41) is 12.2. The molecule has 1 saturated heterocycles. The minimum Gasteiger partial charge on any atom is -0.507 e. The van der Waals surface area contributed by atoms with Crippen molar-refractivity contribution < 1.29 is 24.3 Å². The minimum absolute atomic E-state index is 0.106. The third-order valence-electron chi connectivity index (χ3n) is 6.39.